The van der Waals surface area contributed by atoms with Crippen molar-refractivity contribution < 1.29 is 27.4 Å². The van der Waals surface area contributed by atoms with Crippen LogP contribution in [0, 0.1) is 6.92 Å². The van der Waals surface area contributed by atoms with E-state index in [1.54, 1.807) is 12.1 Å². The Morgan fingerprint density at radius 3 is 2.47 bits per heavy atom. The highest BCUT2D eigenvalue weighted by Gasteiger charge is 2.33. The van der Waals surface area contributed by atoms with Gasteiger partial charge >= 0.3 is 6.18 Å². The molecule has 3 rings (SSSR count). The Bertz CT molecular complexity index is 1050. The SMILES string of the molecule is COc1ccc(C(=O)Nc2ccccc2C(F)(F)F)cc1COc1cccc(C)c1. The Kier molecular flexibility index (Phi) is 6.30. The van der Waals surface area contributed by atoms with Gasteiger partial charge in [0.1, 0.15) is 18.1 Å². The second-order valence-electron chi connectivity index (χ2n) is 6.63. The number of para-hydroxylation sites is 1. The number of carbonyl (C=O) groups excluding carboxylic acids is 1. The molecule has 0 heterocycles. The zero-order chi connectivity index (χ0) is 21.7. The molecule has 30 heavy (non-hydrogen) atoms. The summed E-state index contributed by atoms with van der Waals surface area (Å²) in [6.45, 7) is 2.07. The Morgan fingerprint density at radius 2 is 1.77 bits per heavy atom. The van der Waals surface area contributed by atoms with Crippen LogP contribution >= 0.6 is 0 Å². The molecule has 1 N–H and O–H groups in total. The third-order valence-electron chi connectivity index (χ3n) is 4.41. The van der Waals surface area contributed by atoms with Crippen LogP contribution in [-0.2, 0) is 12.8 Å². The van der Waals surface area contributed by atoms with Gasteiger partial charge in [0.05, 0.1) is 18.4 Å². The number of amides is 1. The fourth-order valence-corrected chi connectivity index (χ4v) is 2.93. The molecule has 0 spiro atoms. The number of anilines is 1. The highest BCUT2D eigenvalue weighted by molar-refractivity contribution is 6.05. The topological polar surface area (TPSA) is 47.6 Å². The highest BCUT2D eigenvalue weighted by atomic mass is 19.4. The number of hydrogen-bond donors (Lipinski definition) is 1. The van der Waals surface area contributed by atoms with E-state index in [1.807, 2.05) is 31.2 Å². The Morgan fingerprint density at radius 1 is 1.00 bits per heavy atom. The van der Waals surface area contributed by atoms with Crippen molar-refractivity contribution in [1.82, 2.24) is 0 Å². The molecule has 0 aromatic heterocycles. The van der Waals surface area contributed by atoms with Crippen molar-refractivity contribution in [3.05, 3.63) is 89.0 Å². The Hall–Kier alpha value is -3.48. The predicted molar refractivity (Wildman–Crippen MR) is 108 cm³/mol. The first-order valence-corrected chi connectivity index (χ1v) is 9.12. The van der Waals surface area contributed by atoms with E-state index in [0.717, 1.165) is 11.6 Å². The molecule has 0 bridgehead atoms. The molecule has 1 amide bonds. The van der Waals surface area contributed by atoms with Gasteiger partial charge < -0.3 is 14.8 Å². The maximum absolute atomic E-state index is 13.2. The average molecular weight is 415 g/mol. The number of ether oxygens (including phenoxy) is 2. The summed E-state index contributed by atoms with van der Waals surface area (Å²) in [7, 11) is 1.49. The lowest BCUT2D eigenvalue weighted by molar-refractivity contribution is -0.136. The molecular weight excluding hydrogens is 395 g/mol. The summed E-state index contributed by atoms with van der Waals surface area (Å²) >= 11 is 0. The minimum Gasteiger partial charge on any atom is -0.496 e. The molecule has 3 aromatic carbocycles. The summed E-state index contributed by atoms with van der Waals surface area (Å²) in [5, 5.41) is 2.34. The summed E-state index contributed by atoms with van der Waals surface area (Å²) in [4.78, 5) is 12.6. The van der Waals surface area contributed by atoms with Gasteiger partial charge in [0.2, 0.25) is 0 Å². The standard InChI is InChI=1S/C23H20F3NO3/c1-15-6-5-7-18(12-15)30-14-17-13-16(10-11-21(17)29-2)22(28)27-20-9-4-3-8-19(20)23(24,25)26/h3-13H,14H2,1-2H3,(H,27,28). The number of rotatable bonds is 6. The summed E-state index contributed by atoms with van der Waals surface area (Å²) in [6, 6.07) is 16.9. The monoisotopic (exact) mass is 415 g/mol. The molecule has 0 atom stereocenters. The van der Waals surface area contributed by atoms with E-state index < -0.39 is 17.6 Å². The maximum Gasteiger partial charge on any atom is 0.418 e. The molecule has 0 aliphatic carbocycles. The molecular formula is C23H20F3NO3. The number of alkyl halides is 3. The number of hydrogen-bond acceptors (Lipinski definition) is 3. The van der Waals surface area contributed by atoms with E-state index in [4.69, 9.17) is 9.47 Å². The van der Waals surface area contributed by atoms with Crippen molar-refractivity contribution in [2.24, 2.45) is 0 Å². The number of aryl methyl sites for hydroxylation is 1. The van der Waals surface area contributed by atoms with Crippen LogP contribution in [0.1, 0.15) is 27.0 Å². The van der Waals surface area contributed by atoms with Gasteiger partial charge in [-0.2, -0.15) is 13.2 Å². The van der Waals surface area contributed by atoms with E-state index in [-0.39, 0.29) is 17.9 Å². The van der Waals surface area contributed by atoms with Gasteiger partial charge in [0.25, 0.3) is 5.91 Å². The molecule has 3 aromatic rings. The van der Waals surface area contributed by atoms with Crippen LogP contribution in [0.5, 0.6) is 11.5 Å². The van der Waals surface area contributed by atoms with Crippen LogP contribution in [0.25, 0.3) is 0 Å². The fourth-order valence-electron chi connectivity index (χ4n) is 2.93. The minimum atomic E-state index is -4.57. The zero-order valence-corrected chi connectivity index (χ0v) is 16.4. The second-order valence-corrected chi connectivity index (χ2v) is 6.63. The lowest BCUT2D eigenvalue weighted by Crippen LogP contribution is -2.17. The summed E-state index contributed by atoms with van der Waals surface area (Å²) in [6.07, 6.45) is -4.57. The number of nitrogens with one attached hydrogen (secondary N) is 1. The Labute approximate surface area is 172 Å². The van der Waals surface area contributed by atoms with E-state index in [9.17, 15) is 18.0 Å². The first-order chi connectivity index (χ1) is 14.3. The first-order valence-electron chi connectivity index (χ1n) is 9.12. The minimum absolute atomic E-state index is 0.132. The molecule has 0 radical (unpaired) electrons. The van der Waals surface area contributed by atoms with Crippen molar-refractivity contribution in [3.8, 4) is 11.5 Å². The quantitative estimate of drug-likeness (QED) is 0.549. The predicted octanol–water partition coefficient (Wildman–Crippen LogP) is 5.85. The largest absolute Gasteiger partial charge is 0.496 e. The number of halogens is 3. The Balaban J connectivity index is 1.81. The van der Waals surface area contributed by atoms with Crippen LogP contribution in [0.4, 0.5) is 18.9 Å². The van der Waals surface area contributed by atoms with Crippen molar-refractivity contribution in [3.63, 3.8) is 0 Å². The molecule has 7 heteroatoms. The van der Waals surface area contributed by atoms with Crippen molar-refractivity contribution >= 4 is 11.6 Å². The molecule has 0 unspecified atom stereocenters. The molecule has 0 saturated heterocycles. The van der Waals surface area contributed by atoms with Gasteiger partial charge in [0.15, 0.2) is 0 Å². The van der Waals surface area contributed by atoms with Gasteiger partial charge in [-0.3, -0.25) is 4.79 Å². The van der Waals surface area contributed by atoms with Crippen molar-refractivity contribution in [2.75, 3.05) is 12.4 Å². The average Bonchev–Trinajstić information content (AvgIpc) is 2.71. The molecule has 0 fully saturated rings. The van der Waals surface area contributed by atoms with E-state index >= 15 is 0 Å². The number of carbonyl (C=O) groups is 1. The van der Waals surface area contributed by atoms with Gasteiger partial charge in [-0.15, -0.1) is 0 Å². The van der Waals surface area contributed by atoms with E-state index in [2.05, 4.69) is 5.32 Å². The fraction of sp³-hybridized carbons (Fsp3) is 0.174. The highest BCUT2D eigenvalue weighted by Crippen LogP contribution is 2.35. The lowest BCUT2D eigenvalue weighted by atomic mass is 10.1. The third kappa shape index (κ3) is 5.11. The van der Waals surface area contributed by atoms with Crippen molar-refractivity contribution in [1.29, 1.82) is 0 Å². The number of methoxy groups -OCH3 is 1. The van der Waals surface area contributed by atoms with Crippen LogP contribution in [0.3, 0.4) is 0 Å². The zero-order valence-electron chi connectivity index (χ0n) is 16.4. The molecule has 156 valence electrons. The normalized spacial score (nSPS) is 11.1. The number of benzene rings is 3. The van der Waals surface area contributed by atoms with E-state index in [1.165, 1.54) is 31.4 Å². The van der Waals surface area contributed by atoms with Gasteiger partial charge in [0, 0.05) is 11.1 Å². The summed E-state index contributed by atoms with van der Waals surface area (Å²) in [5.74, 6) is 0.507. The summed E-state index contributed by atoms with van der Waals surface area (Å²) in [5.41, 5.74) is 0.612. The molecule has 0 saturated carbocycles. The van der Waals surface area contributed by atoms with Gasteiger partial charge in [-0.1, -0.05) is 24.3 Å². The van der Waals surface area contributed by atoms with E-state index in [0.29, 0.717) is 17.1 Å². The molecule has 0 aliphatic heterocycles. The maximum atomic E-state index is 13.2. The van der Waals surface area contributed by atoms with Crippen LogP contribution < -0.4 is 14.8 Å². The first kappa shape index (κ1) is 21.2. The molecule has 4 nitrogen and oxygen atoms in total. The second kappa shape index (κ2) is 8.90. The summed E-state index contributed by atoms with van der Waals surface area (Å²) < 4.78 is 50.6. The van der Waals surface area contributed by atoms with Crippen LogP contribution in [-0.4, -0.2) is 13.0 Å². The van der Waals surface area contributed by atoms with Gasteiger partial charge in [-0.05, 0) is 55.0 Å². The van der Waals surface area contributed by atoms with Crippen LogP contribution in [0.2, 0.25) is 0 Å². The lowest BCUT2D eigenvalue weighted by Gasteiger charge is -2.15. The third-order valence-corrected chi connectivity index (χ3v) is 4.41. The van der Waals surface area contributed by atoms with Gasteiger partial charge in [-0.25, -0.2) is 0 Å². The van der Waals surface area contributed by atoms with Crippen LogP contribution in [0.15, 0.2) is 66.7 Å². The van der Waals surface area contributed by atoms with Crippen molar-refractivity contribution in [2.45, 2.75) is 19.7 Å². The smallest absolute Gasteiger partial charge is 0.418 e. The molecule has 0 aliphatic rings.